The Morgan fingerprint density at radius 2 is 2.05 bits per heavy atom. The van der Waals surface area contributed by atoms with Gasteiger partial charge in [0.2, 0.25) is 5.91 Å². The fourth-order valence-corrected chi connectivity index (χ4v) is 2.72. The van der Waals surface area contributed by atoms with Gasteiger partial charge in [-0.1, -0.05) is 11.8 Å². The number of thioether (sulfide) groups is 1. The molecule has 1 saturated heterocycles. The van der Waals surface area contributed by atoms with Gasteiger partial charge in [0.25, 0.3) is 0 Å². The van der Waals surface area contributed by atoms with E-state index in [1.165, 1.54) is 11.8 Å². The summed E-state index contributed by atoms with van der Waals surface area (Å²) in [6.07, 6.45) is 0. The molecule has 0 radical (unpaired) electrons. The molecule has 0 aromatic carbocycles. The van der Waals surface area contributed by atoms with Crippen LogP contribution in [-0.2, 0) is 4.79 Å². The van der Waals surface area contributed by atoms with Crippen LogP contribution in [0.4, 0.5) is 5.82 Å². The van der Waals surface area contributed by atoms with Crippen LogP contribution in [0.2, 0.25) is 0 Å². The van der Waals surface area contributed by atoms with Crippen molar-refractivity contribution in [3.05, 3.63) is 11.8 Å². The minimum Gasteiger partial charge on any atom is -0.384 e. The number of carbonyl (C=O) groups is 1. The third-order valence-corrected chi connectivity index (χ3v) is 3.87. The van der Waals surface area contributed by atoms with Crippen molar-refractivity contribution in [2.45, 2.75) is 12.1 Å². The summed E-state index contributed by atoms with van der Waals surface area (Å²) in [5.41, 5.74) is 6.48. The molecule has 1 fully saturated rings. The number of likely N-dealkylation sites (N-methyl/N-ethyl adjacent to an activating group) is 1. The normalized spacial score (nSPS) is 16.6. The number of nitrogens with zero attached hydrogens (tertiary/aromatic N) is 4. The van der Waals surface area contributed by atoms with Crippen LogP contribution in [0, 0.1) is 6.92 Å². The van der Waals surface area contributed by atoms with E-state index in [2.05, 4.69) is 21.9 Å². The molecule has 1 aromatic heterocycles. The highest BCUT2D eigenvalue weighted by atomic mass is 32.2. The number of aryl methyl sites for hydroxylation is 1. The highest BCUT2D eigenvalue weighted by molar-refractivity contribution is 7.99. The molecule has 2 heterocycles. The molecule has 1 amide bonds. The molecular weight excluding hydrogens is 262 g/mol. The van der Waals surface area contributed by atoms with E-state index in [-0.39, 0.29) is 5.91 Å². The van der Waals surface area contributed by atoms with Crippen molar-refractivity contribution < 1.29 is 4.79 Å². The molecule has 6 nitrogen and oxygen atoms in total. The lowest BCUT2D eigenvalue weighted by Crippen LogP contribution is -2.47. The molecule has 19 heavy (non-hydrogen) atoms. The maximum atomic E-state index is 12.0. The van der Waals surface area contributed by atoms with Crippen LogP contribution in [-0.4, -0.2) is 64.7 Å². The van der Waals surface area contributed by atoms with Gasteiger partial charge in [-0.05, 0) is 14.0 Å². The average molecular weight is 281 g/mol. The molecule has 2 rings (SSSR count). The zero-order chi connectivity index (χ0) is 13.8. The second-order valence-electron chi connectivity index (χ2n) is 4.69. The van der Waals surface area contributed by atoms with Gasteiger partial charge in [-0.25, -0.2) is 9.97 Å². The van der Waals surface area contributed by atoms with Gasteiger partial charge < -0.3 is 15.5 Å². The molecule has 0 aliphatic carbocycles. The Kier molecular flexibility index (Phi) is 4.60. The Balaban J connectivity index is 1.86. The van der Waals surface area contributed by atoms with Crippen LogP contribution in [0.3, 0.4) is 0 Å². The van der Waals surface area contributed by atoms with E-state index in [1.54, 1.807) is 6.07 Å². The Bertz CT molecular complexity index is 439. The molecule has 2 N–H and O–H groups in total. The Morgan fingerprint density at radius 3 is 2.68 bits per heavy atom. The molecule has 0 bridgehead atoms. The number of nitrogens with two attached hydrogens (primary N) is 1. The Hall–Kier alpha value is -1.34. The van der Waals surface area contributed by atoms with Crippen molar-refractivity contribution in [3.8, 4) is 0 Å². The van der Waals surface area contributed by atoms with E-state index >= 15 is 0 Å². The zero-order valence-corrected chi connectivity index (χ0v) is 12.1. The first-order valence-corrected chi connectivity index (χ1v) is 7.23. The standard InChI is InChI=1S/C12H19N5OS/c1-9-7-10(13)15-12(14-9)19-8-11(18)17-5-3-16(2)4-6-17/h7H,3-6,8H2,1-2H3,(H2,13,14,15). The van der Waals surface area contributed by atoms with Gasteiger partial charge in [-0.15, -0.1) is 0 Å². The summed E-state index contributed by atoms with van der Waals surface area (Å²) in [5.74, 6) is 0.955. The highest BCUT2D eigenvalue weighted by Gasteiger charge is 2.19. The van der Waals surface area contributed by atoms with E-state index in [0.29, 0.717) is 16.7 Å². The first-order valence-electron chi connectivity index (χ1n) is 6.25. The summed E-state index contributed by atoms with van der Waals surface area (Å²) in [6, 6.07) is 1.71. The summed E-state index contributed by atoms with van der Waals surface area (Å²) in [4.78, 5) is 24.5. The van der Waals surface area contributed by atoms with Crippen LogP contribution in [0.15, 0.2) is 11.2 Å². The number of rotatable bonds is 3. The predicted molar refractivity (Wildman–Crippen MR) is 76.0 cm³/mol. The SMILES string of the molecule is Cc1cc(N)nc(SCC(=O)N2CCN(C)CC2)n1. The molecule has 1 aliphatic heterocycles. The maximum Gasteiger partial charge on any atom is 0.233 e. The minimum atomic E-state index is 0.141. The van der Waals surface area contributed by atoms with Crippen molar-refractivity contribution >= 4 is 23.5 Å². The van der Waals surface area contributed by atoms with Crippen LogP contribution < -0.4 is 5.73 Å². The van der Waals surface area contributed by atoms with E-state index in [9.17, 15) is 4.79 Å². The van der Waals surface area contributed by atoms with Gasteiger partial charge in [0.15, 0.2) is 5.16 Å². The molecule has 0 spiro atoms. The lowest BCUT2D eigenvalue weighted by atomic mass is 10.3. The summed E-state index contributed by atoms with van der Waals surface area (Å²) < 4.78 is 0. The van der Waals surface area contributed by atoms with Crippen molar-refractivity contribution in [3.63, 3.8) is 0 Å². The van der Waals surface area contributed by atoms with Gasteiger partial charge in [0.1, 0.15) is 5.82 Å². The van der Waals surface area contributed by atoms with Crippen molar-refractivity contribution in [2.24, 2.45) is 0 Å². The maximum absolute atomic E-state index is 12.0. The van der Waals surface area contributed by atoms with Crippen LogP contribution in [0.25, 0.3) is 0 Å². The quantitative estimate of drug-likeness (QED) is 0.631. The van der Waals surface area contributed by atoms with Crippen LogP contribution in [0.5, 0.6) is 0 Å². The van der Waals surface area contributed by atoms with E-state index in [4.69, 9.17) is 5.73 Å². The van der Waals surface area contributed by atoms with Gasteiger partial charge in [0, 0.05) is 37.9 Å². The molecule has 1 aromatic rings. The number of carbonyl (C=O) groups excluding carboxylic acids is 1. The van der Waals surface area contributed by atoms with Gasteiger partial charge in [-0.2, -0.15) is 0 Å². The Morgan fingerprint density at radius 1 is 1.37 bits per heavy atom. The van der Waals surface area contributed by atoms with Crippen molar-refractivity contribution in [2.75, 3.05) is 44.7 Å². The number of aromatic nitrogens is 2. The number of piperazine rings is 1. The Labute approximate surface area is 117 Å². The van der Waals surface area contributed by atoms with Crippen LogP contribution >= 0.6 is 11.8 Å². The second kappa shape index (κ2) is 6.21. The minimum absolute atomic E-state index is 0.141. The summed E-state index contributed by atoms with van der Waals surface area (Å²) in [7, 11) is 2.07. The lowest BCUT2D eigenvalue weighted by molar-refractivity contribution is -0.129. The van der Waals surface area contributed by atoms with E-state index < -0.39 is 0 Å². The van der Waals surface area contributed by atoms with Crippen molar-refractivity contribution in [1.29, 1.82) is 0 Å². The first kappa shape index (κ1) is 14.1. The molecule has 0 saturated carbocycles. The molecular formula is C12H19N5OS. The monoisotopic (exact) mass is 281 g/mol. The molecule has 7 heteroatoms. The number of anilines is 1. The summed E-state index contributed by atoms with van der Waals surface area (Å²) >= 11 is 1.34. The number of hydrogen-bond acceptors (Lipinski definition) is 6. The van der Waals surface area contributed by atoms with E-state index in [1.807, 2.05) is 11.8 Å². The van der Waals surface area contributed by atoms with E-state index in [0.717, 1.165) is 31.9 Å². The zero-order valence-electron chi connectivity index (χ0n) is 11.3. The van der Waals surface area contributed by atoms with Crippen LogP contribution in [0.1, 0.15) is 5.69 Å². The molecule has 1 aliphatic rings. The fourth-order valence-electron chi connectivity index (χ4n) is 1.90. The van der Waals surface area contributed by atoms with Crippen molar-refractivity contribution in [1.82, 2.24) is 19.8 Å². The highest BCUT2D eigenvalue weighted by Crippen LogP contribution is 2.16. The smallest absolute Gasteiger partial charge is 0.233 e. The molecule has 0 atom stereocenters. The topological polar surface area (TPSA) is 75.3 Å². The summed E-state index contributed by atoms with van der Waals surface area (Å²) in [6.45, 7) is 5.33. The van der Waals surface area contributed by atoms with Gasteiger partial charge in [-0.3, -0.25) is 4.79 Å². The van der Waals surface area contributed by atoms with Gasteiger partial charge >= 0.3 is 0 Å². The number of hydrogen-bond donors (Lipinski definition) is 1. The predicted octanol–water partition coefficient (Wildman–Crippen LogP) is 0.233. The lowest BCUT2D eigenvalue weighted by Gasteiger charge is -2.32. The largest absolute Gasteiger partial charge is 0.384 e. The molecule has 104 valence electrons. The van der Waals surface area contributed by atoms with Gasteiger partial charge in [0.05, 0.1) is 5.75 Å². The number of amides is 1. The molecule has 0 unspecified atom stereocenters. The second-order valence-corrected chi connectivity index (χ2v) is 5.63. The number of nitrogen functional groups attached to an aromatic ring is 1. The third-order valence-electron chi connectivity index (χ3n) is 3.03. The average Bonchev–Trinajstić information content (AvgIpc) is 2.36. The fraction of sp³-hybridized carbons (Fsp3) is 0.583. The summed E-state index contributed by atoms with van der Waals surface area (Å²) in [5, 5.41) is 0.569. The third kappa shape index (κ3) is 4.07. The first-order chi connectivity index (χ1) is 9.04.